The van der Waals surface area contributed by atoms with Gasteiger partial charge in [-0.1, -0.05) is 20.8 Å². The smallest absolute Gasteiger partial charge is 0.135 e. The zero-order valence-electron chi connectivity index (χ0n) is 9.27. The first-order chi connectivity index (χ1) is 6.68. The molecule has 1 atom stereocenters. The molecule has 0 radical (unpaired) electrons. The van der Waals surface area contributed by atoms with Crippen LogP contribution in [-0.2, 0) is 6.54 Å². The molecule has 1 heterocycles. The van der Waals surface area contributed by atoms with Crippen LogP contribution >= 0.6 is 0 Å². The zero-order valence-corrected chi connectivity index (χ0v) is 9.27. The highest BCUT2D eigenvalue weighted by molar-refractivity contribution is 5.01. The maximum atomic E-state index is 4.24. The van der Waals surface area contributed by atoms with E-state index in [9.17, 15) is 0 Å². The van der Waals surface area contributed by atoms with Crippen LogP contribution in [0, 0.1) is 11.8 Å². The topological polar surface area (TPSA) is 30.7 Å². The summed E-state index contributed by atoms with van der Waals surface area (Å²) in [6.45, 7) is 7.77. The molecular weight excluding hydrogens is 174 g/mol. The van der Waals surface area contributed by atoms with Gasteiger partial charge in [0.05, 0.1) is 0 Å². The predicted molar refractivity (Wildman–Crippen MR) is 56.0 cm³/mol. The largest absolute Gasteiger partial charge is 0.317 e. The minimum Gasteiger partial charge on any atom is -0.317 e. The van der Waals surface area contributed by atoms with Gasteiger partial charge in [0.1, 0.15) is 12.2 Å². The van der Waals surface area contributed by atoms with Gasteiger partial charge in [-0.3, -0.25) is 0 Å². The van der Waals surface area contributed by atoms with E-state index >= 15 is 0 Å². The van der Waals surface area contributed by atoms with E-state index in [-0.39, 0.29) is 0 Å². The highest BCUT2D eigenvalue weighted by Gasteiger charge is 2.31. The van der Waals surface area contributed by atoms with Crippen molar-refractivity contribution < 1.29 is 0 Å². The quantitative estimate of drug-likeness (QED) is 0.735. The minimum atomic E-state index is 0.594. The van der Waals surface area contributed by atoms with Crippen molar-refractivity contribution in [2.75, 3.05) is 0 Å². The van der Waals surface area contributed by atoms with Crippen LogP contribution in [-0.4, -0.2) is 14.8 Å². The van der Waals surface area contributed by atoms with Crippen LogP contribution < -0.4 is 0 Å². The van der Waals surface area contributed by atoms with E-state index in [0.29, 0.717) is 11.8 Å². The second-order valence-corrected chi connectivity index (χ2v) is 4.86. The third-order valence-corrected chi connectivity index (χ3v) is 2.94. The van der Waals surface area contributed by atoms with Crippen molar-refractivity contribution in [3.8, 4) is 0 Å². The average Bonchev–Trinajstić information content (AvgIpc) is 2.86. The van der Waals surface area contributed by atoms with Crippen molar-refractivity contribution in [2.24, 2.45) is 11.8 Å². The van der Waals surface area contributed by atoms with Crippen molar-refractivity contribution in [3.05, 3.63) is 12.2 Å². The molecule has 0 bridgehead atoms. The van der Waals surface area contributed by atoms with Gasteiger partial charge in [-0.2, -0.15) is 0 Å². The molecule has 14 heavy (non-hydrogen) atoms. The Balaban J connectivity index is 2.11. The Hall–Kier alpha value is -0.860. The molecule has 1 aromatic heterocycles. The third kappa shape index (κ3) is 1.97. The number of aromatic nitrogens is 3. The van der Waals surface area contributed by atoms with Gasteiger partial charge in [0.2, 0.25) is 0 Å². The fraction of sp³-hybridized carbons (Fsp3) is 0.818. The highest BCUT2D eigenvalue weighted by atomic mass is 15.3. The van der Waals surface area contributed by atoms with Crippen LogP contribution in [0.2, 0.25) is 0 Å². The van der Waals surface area contributed by atoms with E-state index in [0.717, 1.165) is 12.5 Å². The van der Waals surface area contributed by atoms with Crippen molar-refractivity contribution in [3.63, 3.8) is 0 Å². The second-order valence-electron chi connectivity index (χ2n) is 4.86. The molecule has 0 saturated heterocycles. The van der Waals surface area contributed by atoms with Gasteiger partial charge in [-0.15, -0.1) is 10.2 Å². The summed E-state index contributed by atoms with van der Waals surface area (Å²) < 4.78 is 2.22. The first-order valence-electron chi connectivity index (χ1n) is 5.56. The summed E-state index contributed by atoms with van der Waals surface area (Å²) in [5.74, 6) is 3.30. The normalized spacial score (nSPS) is 18.9. The molecule has 0 aliphatic heterocycles. The van der Waals surface area contributed by atoms with E-state index in [1.807, 2.05) is 6.33 Å². The Morgan fingerprint density at radius 1 is 1.43 bits per heavy atom. The molecular formula is C11H19N3. The first kappa shape index (κ1) is 9.69. The average molecular weight is 193 g/mol. The monoisotopic (exact) mass is 193 g/mol. The SMILES string of the molecule is CC(C)Cn1cnnc1C(C)C1CC1. The van der Waals surface area contributed by atoms with E-state index in [4.69, 9.17) is 0 Å². The lowest BCUT2D eigenvalue weighted by molar-refractivity contribution is 0.481. The van der Waals surface area contributed by atoms with Crippen molar-refractivity contribution in [2.45, 2.75) is 46.1 Å². The standard InChI is InChI=1S/C11H19N3/c1-8(2)6-14-7-12-13-11(14)9(3)10-4-5-10/h7-10H,4-6H2,1-3H3. The minimum absolute atomic E-state index is 0.594. The molecule has 1 saturated carbocycles. The number of hydrogen-bond donors (Lipinski definition) is 0. The first-order valence-corrected chi connectivity index (χ1v) is 5.56. The Kier molecular flexibility index (Phi) is 2.57. The molecule has 0 spiro atoms. The van der Waals surface area contributed by atoms with Gasteiger partial charge in [0.15, 0.2) is 0 Å². The van der Waals surface area contributed by atoms with Crippen molar-refractivity contribution in [1.29, 1.82) is 0 Å². The van der Waals surface area contributed by atoms with Crippen LogP contribution in [0.1, 0.15) is 45.4 Å². The molecule has 1 fully saturated rings. The third-order valence-electron chi connectivity index (χ3n) is 2.94. The lowest BCUT2D eigenvalue weighted by Gasteiger charge is -2.13. The summed E-state index contributed by atoms with van der Waals surface area (Å²) in [4.78, 5) is 0. The molecule has 0 N–H and O–H groups in total. The molecule has 0 aromatic carbocycles. The van der Waals surface area contributed by atoms with E-state index in [1.165, 1.54) is 18.7 Å². The number of rotatable bonds is 4. The lowest BCUT2D eigenvalue weighted by Crippen LogP contribution is -2.11. The Morgan fingerprint density at radius 2 is 2.14 bits per heavy atom. The van der Waals surface area contributed by atoms with Gasteiger partial charge in [0.25, 0.3) is 0 Å². The maximum Gasteiger partial charge on any atom is 0.135 e. The Morgan fingerprint density at radius 3 is 2.71 bits per heavy atom. The molecule has 1 unspecified atom stereocenters. The molecule has 1 aliphatic carbocycles. The van der Waals surface area contributed by atoms with Gasteiger partial charge in [0, 0.05) is 12.5 Å². The number of hydrogen-bond acceptors (Lipinski definition) is 2. The zero-order chi connectivity index (χ0) is 10.1. The molecule has 3 nitrogen and oxygen atoms in total. The van der Waals surface area contributed by atoms with E-state index < -0.39 is 0 Å². The molecule has 0 amide bonds. The Labute approximate surface area is 85.5 Å². The van der Waals surface area contributed by atoms with Gasteiger partial charge < -0.3 is 4.57 Å². The van der Waals surface area contributed by atoms with Crippen LogP contribution in [0.3, 0.4) is 0 Å². The van der Waals surface area contributed by atoms with Crippen LogP contribution in [0.5, 0.6) is 0 Å². The van der Waals surface area contributed by atoms with Crippen molar-refractivity contribution >= 4 is 0 Å². The summed E-state index contributed by atoms with van der Waals surface area (Å²) in [6.07, 6.45) is 4.61. The van der Waals surface area contributed by atoms with Gasteiger partial charge >= 0.3 is 0 Å². The molecule has 78 valence electrons. The van der Waals surface area contributed by atoms with Crippen LogP contribution in [0.4, 0.5) is 0 Å². The van der Waals surface area contributed by atoms with Gasteiger partial charge in [-0.05, 0) is 24.7 Å². The van der Waals surface area contributed by atoms with Crippen LogP contribution in [0.15, 0.2) is 6.33 Å². The fourth-order valence-corrected chi connectivity index (χ4v) is 1.96. The fourth-order valence-electron chi connectivity index (χ4n) is 1.96. The molecule has 3 heteroatoms. The summed E-state index contributed by atoms with van der Waals surface area (Å²) in [7, 11) is 0. The summed E-state index contributed by atoms with van der Waals surface area (Å²) in [5, 5.41) is 8.26. The summed E-state index contributed by atoms with van der Waals surface area (Å²) in [5.41, 5.74) is 0. The maximum absolute atomic E-state index is 4.24. The summed E-state index contributed by atoms with van der Waals surface area (Å²) >= 11 is 0. The summed E-state index contributed by atoms with van der Waals surface area (Å²) in [6, 6.07) is 0. The predicted octanol–water partition coefficient (Wildman–Crippen LogP) is 2.45. The number of nitrogens with zero attached hydrogens (tertiary/aromatic N) is 3. The molecule has 1 aliphatic rings. The van der Waals surface area contributed by atoms with Gasteiger partial charge in [-0.25, -0.2) is 0 Å². The van der Waals surface area contributed by atoms with Crippen LogP contribution in [0.25, 0.3) is 0 Å². The van der Waals surface area contributed by atoms with E-state index in [1.54, 1.807) is 0 Å². The highest BCUT2D eigenvalue weighted by Crippen LogP contribution is 2.41. The second kappa shape index (κ2) is 3.71. The lowest BCUT2D eigenvalue weighted by atomic mass is 10.1. The van der Waals surface area contributed by atoms with E-state index in [2.05, 4.69) is 35.5 Å². The molecule has 1 aromatic rings. The molecule has 2 rings (SSSR count). The Bertz CT molecular complexity index is 299. The van der Waals surface area contributed by atoms with Crippen molar-refractivity contribution in [1.82, 2.24) is 14.8 Å².